The molecule has 110 valence electrons. The van der Waals surface area contributed by atoms with Crippen LogP contribution in [0.2, 0.25) is 0 Å². The summed E-state index contributed by atoms with van der Waals surface area (Å²) >= 11 is 0. The van der Waals surface area contributed by atoms with Crippen LogP contribution in [0.1, 0.15) is 10.5 Å². The largest absolute Gasteiger partial charge is 0.476 e. The molecule has 1 N–H and O–H groups in total. The third kappa shape index (κ3) is 2.53. The lowest BCUT2D eigenvalue weighted by Gasteiger charge is -1.97. The topological polar surface area (TPSA) is 79.3 Å². The molecular weight excluding hydrogens is 294 g/mol. The Bertz CT molecular complexity index is 888. The van der Waals surface area contributed by atoms with Crippen molar-refractivity contribution in [2.45, 2.75) is 0 Å². The average Bonchev–Trinajstić information content (AvgIpc) is 2.85. The van der Waals surface area contributed by atoms with Crippen LogP contribution in [0.3, 0.4) is 0 Å². The molecule has 3 rings (SSSR count). The molecule has 0 bridgehead atoms. The van der Waals surface area contributed by atoms with Gasteiger partial charge in [0.1, 0.15) is 17.3 Å². The molecule has 0 aliphatic rings. The zero-order valence-corrected chi connectivity index (χ0v) is 10.9. The number of pyridine rings is 1. The fourth-order valence-corrected chi connectivity index (χ4v) is 1.86. The summed E-state index contributed by atoms with van der Waals surface area (Å²) < 4.78 is 27.3. The van der Waals surface area contributed by atoms with Crippen LogP contribution in [0.4, 0.5) is 20.3 Å². The van der Waals surface area contributed by atoms with Crippen molar-refractivity contribution < 1.29 is 18.7 Å². The molecule has 0 saturated carbocycles. The standard InChI is InChI=1S/C14H8F2N4O2/c15-8-1-4-10(5-2-8)18-19-13-12(14(21)22)17-11-6-3-9(16)7-20(11)13/h1-7H,(H,21,22). The molecule has 0 aliphatic heterocycles. The smallest absolute Gasteiger partial charge is 0.358 e. The molecule has 0 unspecified atom stereocenters. The van der Waals surface area contributed by atoms with E-state index in [4.69, 9.17) is 5.11 Å². The van der Waals surface area contributed by atoms with Gasteiger partial charge in [-0.15, -0.1) is 10.2 Å². The van der Waals surface area contributed by atoms with E-state index in [2.05, 4.69) is 15.2 Å². The van der Waals surface area contributed by atoms with Gasteiger partial charge in [-0.25, -0.2) is 18.6 Å². The minimum atomic E-state index is -1.31. The fraction of sp³-hybridized carbons (Fsp3) is 0. The van der Waals surface area contributed by atoms with Gasteiger partial charge in [-0.1, -0.05) is 0 Å². The van der Waals surface area contributed by atoms with Crippen molar-refractivity contribution in [2.75, 3.05) is 0 Å². The second-order valence-electron chi connectivity index (χ2n) is 4.34. The molecule has 6 nitrogen and oxygen atoms in total. The third-order valence-electron chi connectivity index (χ3n) is 2.85. The summed E-state index contributed by atoms with van der Waals surface area (Å²) in [6.07, 6.45) is 1.06. The highest BCUT2D eigenvalue weighted by Crippen LogP contribution is 2.24. The first-order chi connectivity index (χ1) is 10.5. The minimum absolute atomic E-state index is 0.119. The Labute approximate surface area is 122 Å². The van der Waals surface area contributed by atoms with Gasteiger partial charge in [-0.05, 0) is 36.4 Å². The molecule has 0 aliphatic carbocycles. The molecule has 22 heavy (non-hydrogen) atoms. The zero-order valence-electron chi connectivity index (χ0n) is 10.9. The summed E-state index contributed by atoms with van der Waals surface area (Å²) in [6.45, 7) is 0. The summed E-state index contributed by atoms with van der Waals surface area (Å²) in [7, 11) is 0. The van der Waals surface area contributed by atoms with Crippen LogP contribution in [0, 0.1) is 11.6 Å². The van der Waals surface area contributed by atoms with E-state index in [-0.39, 0.29) is 17.2 Å². The first kappa shape index (κ1) is 13.8. The van der Waals surface area contributed by atoms with Gasteiger partial charge in [0, 0.05) is 6.20 Å². The summed E-state index contributed by atoms with van der Waals surface area (Å²) in [4.78, 5) is 15.1. The molecular formula is C14H8F2N4O2. The maximum Gasteiger partial charge on any atom is 0.358 e. The Balaban J connectivity index is 2.11. The molecule has 2 heterocycles. The summed E-state index contributed by atoms with van der Waals surface area (Å²) in [6, 6.07) is 7.64. The molecule has 0 radical (unpaired) electrons. The van der Waals surface area contributed by atoms with E-state index < -0.39 is 17.6 Å². The zero-order chi connectivity index (χ0) is 15.7. The Morgan fingerprint density at radius 1 is 1.05 bits per heavy atom. The molecule has 0 fully saturated rings. The average molecular weight is 302 g/mol. The van der Waals surface area contributed by atoms with Crippen LogP contribution >= 0.6 is 0 Å². The number of aromatic nitrogens is 2. The predicted molar refractivity (Wildman–Crippen MR) is 72.7 cm³/mol. The first-order valence-corrected chi connectivity index (χ1v) is 6.13. The van der Waals surface area contributed by atoms with Crippen LogP contribution in [0.5, 0.6) is 0 Å². The lowest BCUT2D eigenvalue weighted by atomic mass is 10.3. The normalized spacial score (nSPS) is 11.4. The van der Waals surface area contributed by atoms with Gasteiger partial charge < -0.3 is 5.11 Å². The van der Waals surface area contributed by atoms with Crippen molar-refractivity contribution in [3.8, 4) is 0 Å². The van der Waals surface area contributed by atoms with Crippen LogP contribution in [-0.2, 0) is 0 Å². The first-order valence-electron chi connectivity index (χ1n) is 6.13. The number of nitrogens with zero attached hydrogens (tertiary/aromatic N) is 4. The number of azo groups is 1. The summed E-state index contributed by atoms with van der Waals surface area (Å²) in [5.74, 6) is -2.43. The van der Waals surface area contributed by atoms with Crippen molar-refractivity contribution in [3.05, 3.63) is 59.9 Å². The molecule has 0 saturated heterocycles. The Morgan fingerprint density at radius 3 is 2.41 bits per heavy atom. The Kier molecular flexibility index (Phi) is 3.34. The molecule has 0 spiro atoms. The lowest BCUT2D eigenvalue weighted by Crippen LogP contribution is -1.96. The van der Waals surface area contributed by atoms with Crippen molar-refractivity contribution in [2.24, 2.45) is 10.2 Å². The van der Waals surface area contributed by atoms with Crippen LogP contribution < -0.4 is 0 Å². The number of halogens is 2. The van der Waals surface area contributed by atoms with Gasteiger partial charge in [0.25, 0.3) is 0 Å². The second kappa shape index (κ2) is 5.32. The van der Waals surface area contributed by atoms with Gasteiger partial charge >= 0.3 is 5.97 Å². The number of carboxylic acids is 1. The highest BCUT2D eigenvalue weighted by Gasteiger charge is 2.18. The molecule has 1 aromatic carbocycles. The van der Waals surface area contributed by atoms with Crippen LogP contribution in [0.15, 0.2) is 52.8 Å². The molecule has 8 heteroatoms. The number of imidazole rings is 1. The van der Waals surface area contributed by atoms with Gasteiger partial charge in [0.2, 0.25) is 0 Å². The molecule has 0 amide bonds. The Morgan fingerprint density at radius 2 is 1.73 bits per heavy atom. The SMILES string of the molecule is O=C(O)c1nc2ccc(F)cn2c1N=Nc1ccc(F)cc1. The highest BCUT2D eigenvalue weighted by molar-refractivity contribution is 5.91. The van der Waals surface area contributed by atoms with Crippen molar-refractivity contribution in [1.29, 1.82) is 0 Å². The number of benzene rings is 1. The Hall–Kier alpha value is -3.16. The van der Waals surface area contributed by atoms with Crippen LogP contribution in [-0.4, -0.2) is 20.5 Å². The van der Waals surface area contributed by atoms with E-state index in [1.807, 2.05) is 0 Å². The van der Waals surface area contributed by atoms with E-state index in [0.717, 1.165) is 12.3 Å². The quantitative estimate of drug-likeness (QED) is 0.749. The highest BCUT2D eigenvalue weighted by atomic mass is 19.1. The fourth-order valence-electron chi connectivity index (χ4n) is 1.86. The van der Waals surface area contributed by atoms with Crippen molar-refractivity contribution in [1.82, 2.24) is 9.38 Å². The van der Waals surface area contributed by atoms with E-state index >= 15 is 0 Å². The van der Waals surface area contributed by atoms with E-state index in [1.165, 1.54) is 34.7 Å². The van der Waals surface area contributed by atoms with Gasteiger partial charge in [0.05, 0.1) is 5.69 Å². The number of aromatic carboxylic acids is 1. The van der Waals surface area contributed by atoms with E-state index in [1.54, 1.807) is 0 Å². The lowest BCUT2D eigenvalue weighted by molar-refractivity contribution is 0.0692. The minimum Gasteiger partial charge on any atom is -0.476 e. The van der Waals surface area contributed by atoms with Gasteiger partial charge in [-0.2, -0.15) is 0 Å². The summed E-state index contributed by atoms with van der Waals surface area (Å²) in [5, 5.41) is 16.8. The number of hydrogen-bond acceptors (Lipinski definition) is 4. The number of carboxylic acid groups (broad SMARTS) is 1. The maximum absolute atomic E-state index is 13.3. The number of carbonyl (C=O) groups is 1. The van der Waals surface area contributed by atoms with Gasteiger partial charge in [-0.3, -0.25) is 4.40 Å². The van der Waals surface area contributed by atoms with Crippen molar-refractivity contribution in [3.63, 3.8) is 0 Å². The van der Waals surface area contributed by atoms with E-state index in [9.17, 15) is 13.6 Å². The predicted octanol–water partition coefficient (Wildman–Crippen LogP) is 3.73. The van der Waals surface area contributed by atoms with Crippen molar-refractivity contribution >= 4 is 23.1 Å². The second-order valence-corrected chi connectivity index (χ2v) is 4.34. The van der Waals surface area contributed by atoms with Gasteiger partial charge in [0.15, 0.2) is 11.5 Å². The molecule has 2 aromatic heterocycles. The number of hydrogen-bond donors (Lipinski definition) is 1. The maximum atomic E-state index is 13.3. The van der Waals surface area contributed by atoms with Crippen LogP contribution in [0.25, 0.3) is 5.65 Å². The van der Waals surface area contributed by atoms with E-state index in [0.29, 0.717) is 5.69 Å². The summed E-state index contributed by atoms with van der Waals surface area (Å²) in [5.41, 5.74) is 0.201. The molecule has 3 aromatic rings. The molecule has 0 atom stereocenters. The third-order valence-corrected chi connectivity index (χ3v) is 2.85. The number of fused-ring (bicyclic) bond motifs is 1. The monoisotopic (exact) mass is 302 g/mol. The number of rotatable bonds is 3.